The molecule has 1 aromatic carbocycles. The van der Waals surface area contributed by atoms with Gasteiger partial charge in [-0.15, -0.1) is 0 Å². The van der Waals surface area contributed by atoms with Gasteiger partial charge in [-0.1, -0.05) is 33.2 Å². The monoisotopic (exact) mass is 223 g/mol. The summed E-state index contributed by atoms with van der Waals surface area (Å²) in [5.74, 6) is 0.794. The van der Waals surface area contributed by atoms with Crippen LogP contribution in [0.3, 0.4) is 0 Å². The molecule has 0 bridgehead atoms. The molecule has 0 atom stereocenters. The van der Waals surface area contributed by atoms with Gasteiger partial charge in [-0.3, -0.25) is 0 Å². The van der Waals surface area contributed by atoms with Gasteiger partial charge in [-0.05, 0) is 12.1 Å². The highest BCUT2D eigenvalue weighted by molar-refractivity contribution is 9.10. The van der Waals surface area contributed by atoms with Crippen molar-refractivity contribution in [3.8, 4) is 11.3 Å². The first-order valence-electron chi connectivity index (χ1n) is 3.53. The van der Waals surface area contributed by atoms with E-state index in [2.05, 4.69) is 21.1 Å². The molecule has 0 N–H and O–H groups in total. The van der Waals surface area contributed by atoms with Gasteiger partial charge in [0.2, 0.25) is 0 Å². The number of hydrogen-bond donors (Lipinski definition) is 0. The first-order valence-corrected chi connectivity index (χ1v) is 4.32. The fourth-order valence-corrected chi connectivity index (χ4v) is 1.24. The summed E-state index contributed by atoms with van der Waals surface area (Å²) in [6, 6.07) is 9.73. The maximum atomic E-state index is 4.99. The summed E-state index contributed by atoms with van der Waals surface area (Å²) in [6.45, 7) is 0. The first kappa shape index (κ1) is 7.55. The summed E-state index contributed by atoms with van der Waals surface area (Å²) in [7, 11) is 0. The average molecular weight is 224 g/mol. The van der Waals surface area contributed by atoms with E-state index in [0.29, 0.717) is 0 Å². The van der Waals surface area contributed by atoms with Crippen LogP contribution in [0.4, 0.5) is 0 Å². The Hall–Kier alpha value is -1.09. The summed E-state index contributed by atoms with van der Waals surface area (Å²) in [5, 5.41) is 3.63. The number of hydrogen-bond acceptors (Lipinski definition) is 2. The zero-order valence-corrected chi connectivity index (χ0v) is 7.78. The molecule has 2 nitrogen and oxygen atoms in total. The molecule has 0 saturated heterocycles. The molecule has 0 fully saturated rings. The van der Waals surface area contributed by atoms with Crippen LogP contribution in [0.1, 0.15) is 0 Å². The third-order valence-electron chi connectivity index (χ3n) is 1.57. The van der Waals surface area contributed by atoms with Crippen LogP contribution in [0.15, 0.2) is 45.5 Å². The number of aromatic nitrogens is 1. The van der Waals surface area contributed by atoms with Crippen molar-refractivity contribution in [2.45, 2.75) is 0 Å². The predicted octanol–water partition coefficient (Wildman–Crippen LogP) is 3.10. The second kappa shape index (κ2) is 3.11. The van der Waals surface area contributed by atoms with E-state index < -0.39 is 0 Å². The lowest BCUT2D eigenvalue weighted by Gasteiger charge is -1.93. The van der Waals surface area contributed by atoms with Crippen molar-refractivity contribution < 1.29 is 4.52 Å². The largest absolute Gasteiger partial charge is 0.356 e. The van der Waals surface area contributed by atoms with E-state index in [1.54, 1.807) is 6.20 Å². The van der Waals surface area contributed by atoms with E-state index in [9.17, 15) is 0 Å². The van der Waals surface area contributed by atoms with Crippen molar-refractivity contribution in [1.82, 2.24) is 5.16 Å². The Morgan fingerprint density at radius 2 is 1.83 bits per heavy atom. The molecule has 2 rings (SSSR count). The molecular weight excluding hydrogens is 218 g/mol. The lowest BCUT2D eigenvalue weighted by molar-refractivity contribution is 0.432. The Kier molecular flexibility index (Phi) is 1.96. The van der Waals surface area contributed by atoms with Gasteiger partial charge < -0.3 is 4.52 Å². The molecule has 0 saturated carbocycles. The molecular formula is C9H6BrNO. The van der Waals surface area contributed by atoms with Crippen LogP contribution in [0.5, 0.6) is 0 Å². The topological polar surface area (TPSA) is 26.0 Å². The van der Waals surface area contributed by atoms with Crippen LogP contribution in [0, 0.1) is 0 Å². The summed E-state index contributed by atoms with van der Waals surface area (Å²) in [4.78, 5) is 0. The number of rotatable bonds is 1. The zero-order chi connectivity index (χ0) is 8.39. The van der Waals surface area contributed by atoms with Gasteiger partial charge in [0.15, 0.2) is 5.76 Å². The van der Waals surface area contributed by atoms with Gasteiger partial charge in [0, 0.05) is 16.1 Å². The molecule has 0 amide bonds. The van der Waals surface area contributed by atoms with Crippen LogP contribution >= 0.6 is 15.9 Å². The average Bonchev–Trinajstić information content (AvgIpc) is 2.58. The van der Waals surface area contributed by atoms with E-state index in [1.807, 2.05) is 30.3 Å². The quantitative estimate of drug-likeness (QED) is 0.743. The van der Waals surface area contributed by atoms with Crippen LogP contribution in [-0.4, -0.2) is 5.16 Å². The summed E-state index contributed by atoms with van der Waals surface area (Å²) >= 11 is 3.36. The Morgan fingerprint density at radius 3 is 2.42 bits per heavy atom. The van der Waals surface area contributed by atoms with Gasteiger partial charge in [0.1, 0.15) is 0 Å². The van der Waals surface area contributed by atoms with E-state index in [-0.39, 0.29) is 0 Å². The van der Waals surface area contributed by atoms with Crippen molar-refractivity contribution in [2.24, 2.45) is 0 Å². The van der Waals surface area contributed by atoms with Crippen molar-refractivity contribution >= 4 is 15.9 Å². The molecule has 0 radical (unpaired) electrons. The molecule has 0 spiro atoms. The lowest BCUT2D eigenvalue weighted by Crippen LogP contribution is -1.71. The predicted molar refractivity (Wildman–Crippen MR) is 49.6 cm³/mol. The normalized spacial score (nSPS) is 10.1. The Labute approximate surface area is 78.3 Å². The minimum atomic E-state index is 0.794. The smallest absolute Gasteiger partial charge is 0.166 e. The van der Waals surface area contributed by atoms with E-state index >= 15 is 0 Å². The minimum Gasteiger partial charge on any atom is -0.356 e. The molecule has 3 heteroatoms. The standard InChI is InChI=1S/C9H6BrNO/c10-8-3-1-7(2-4-8)9-5-6-11-12-9/h1-6H. The molecule has 0 unspecified atom stereocenters. The molecule has 12 heavy (non-hydrogen) atoms. The molecule has 1 aromatic heterocycles. The molecule has 0 aliphatic carbocycles. The number of nitrogens with zero attached hydrogens (tertiary/aromatic N) is 1. The maximum absolute atomic E-state index is 4.99. The van der Waals surface area contributed by atoms with Crippen LogP contribution in [0.2, 0.25) is 0 Å². The van der Waals surface area contributed by atoms with Gasteiger partial charge >= 0.3 is 0 Å². The van der Waals surface area contributed by atoms with E-state index in [1.165, 1.54) is 0 Å². The number of benzene rings is 1. The molecule has 0 aliphatic heterocycles. The third-order valence-corrected chi connectivity index (χ3v) is 2.10. The Balaban J connectivity index is 2.43. The molecule has 60 valence electrons. The SMILES string of the molecule is Brc1ccc(-c2ccno2)cc1. The lowest BCUT2D eigenvalue weighted by atomic mass is 10.2. The van der Waals surface area contributed by atoms with Crippen LogP contribution in [0.25, 0.3) is 11.3 Å². The summed E-state index contributed by atoms with van der Waals surface area (Å²) in [6.07, 6.45) is 1.64. The van der Waals surface area contributed by atoms with Crippen LogP contribution < -0.4 is 0 Å². The minimum absolute atomic E-state index is 0.794. The summed E-state index contributed by atoms with van der Waals surface area (Å²) in [5.41, 5.74) is 1.04. The Morgan fingerprint density at radius 1 is 1.08 bits per heavy atom. The van der Waals surface area contributed by atoms with Gasteiger partial charge in [-0.2, -0.15) is 0 Å². The van der Waals surface area contributed by atoms with Crippen molar-refractivity contribution in [3.05, 3.63) is 41.0 Å². The van der Waals surface area contributed by atoms with Crippen molar-refractivity contribution in [2.75, 3.05) is 0 Å². The Bertz CT molecular complexity index is 353. The fourth-order valence-electron chi connectivity index (χ4n) is 0.979. The van der Waals surface area contributed by atoms with Gasteiger partial charge in [0.25, 0.3) is 0 Å². The number of halogens is 1. The van der Waals surface area contributed by atoms with Crippen molar-refractivity contribution in [1.29, 1.82) is 0 Å². The highest BCUT2D eigenvalue weighted by atomic mass is 79.9. The molecule has 1 heterocycles. The first-order chi connectivity index (χ1) is 5.86. The highest BCUT2D eigenvalue weighted by Crippen LogP contribution is 2.20. The molecule has 2 aromatic rings. The van der Waals surface area contributed by atoms with E-state index in [4.69, 9.17) is 4.52 Å². The maximum Gasteiger partial charge on any atom is 0.166 e. The molecule has 0 aliphatic rings. The third kappa shape index (κ3) is 1.41. The van der Waals surface area contributed by atoms with Gasteiger partial charge in [0.05, 0.1) is 6.20 Å². The van der Waals surface area contributed by atoms with E-state index in [0.717, 1.165) is 15.8 Å². The second-order valence-corrected chi connectivity index (χ2v) is 3.30. The second-order valence-electron chi connectivity index (χ2n) is 2.38. The zero-order valence-electron chi connectivity index (χ0n) is 6.20. The summed E-state index contributed by atoms with van der Waals surface area (Å²) < 4.78 is 6.05. The highest BCUT2D eigenvalue weighted by Gasteiger charge is 1.99. The van der Waals surface area contributed by atoms with Crippen molar-refractivity contribution in [3.63, 3.8) is 0 Å². The van der Waals surface area contributed by atoms with Gasteiger partial charge in [-0.25, -0.2) is 0 Å². The fraction of sp³-hybridized carbons (Fsp3) is 0. The van der Waals surface area contributed by atoms with Crippen LogP contribution in [-0.2, 0) is 0 Å².